The summed E-state index contributed by atoms with van der Waals surface area (Å²) in [5.74, 6) is 2.03. The highest BCUT2D eigenvalue weighted by molar-refractivity contribution is 5.92. The summed E-state index contributed by atoms with van der Waals surface area (Å²) in [5, 5.41) is 3.37. The third kappa shape index (κ3) is 3.07. The number of hydrogen-bond donors (Lipinski definition) is 1. The van der Waals surface area contributed by atoms with Crippen molar-refractivity contribution in [1.29, 1.82) is 0 Å². The summed E-state index contributed by atoms with van der Waals surface area (Å²) in [7, 11) is 1.97. The molecule has 0 bridgehead atoms. The lowest BCUT2D eigenvalue weighted by Crippen LogP contribution is -2.60. The van der Waals surface area contributed by atoms with Crippen molar-refractivity contribution in [2.45, 2.75) is 71.4 Å². The van der Waals surface area contributed by atoms with Crippen LogP contribution in [-0.4, -0.2) is 40.8 Å². The fourth-order valence-electron chi connectivity index (χ4n) is 7.88. The molecule has 1 aliphatic heterocycles. The van der Waals surface area contributed by atoms with Crippen LogP contribution in [-0.2, 0) is 4.79 Å². The van der Waals surface area contributed by atoms with Gasteiger partial charge >= 0.3 is 0 Å². The van der Waals surface area contributed by atoms with E-state index in [4.69, 9.17) is 0 Å². The maximum Gasteiger partial charge on any atom is 0.270 e. The molecule has 2 heterocycles. The molecule has 31 heavy (non-hydrogen) atoms. The minimum Gasteiger partial charge on any atom is -0.347 e. The van der Waals surface area contributed by atoms with Gasteiger partial charge in [0.1, 0.15) is 5.69 Å². The average molecular weight is 422 g/mol. The molecule has 3 aliphatic carbocycles. The van der Waals surface area contributed by atoms with Gasteiger partial charge in [-0.15, -0.1) is 0 Å². The first-order valence-electron chi connectivity index (χ1n) is 11.9. The van der Waals surface area contributed by atoms with Crippen LogP contribution in [0.25, 0.3) is 0 Å². The first-order chi connectivity index (χ1) is 14.7. The van der Waals surface area contributed by atoms with E-state index in [1.165, 1.54) is 19.3 Å². The smallest absolute Gasteiger partial charge is 0.270 e. The number of hydrogen-bond acceptors (Lipinski definition) is 3. The third-order valence-corrected chi connectivity index (χ3v) is 9.55. The SMILES string of the molecule is Cc1cccc(C(=O)N[C@H]2CC[C@H]3[C@@H]4CC[C@H]5N(C)C(=O)C=C[C@]5(C)[C@H]4CC[C@]23C)n1. The van der Waals surface area contributed by atoms with Crippen molar-refractivity contribution in [1.82, 2.24) is 15.2 Å². The van der Waals surface area contributed by atoms with E-state index in [-0.39, 0.29) is 28.7 Å². The van der Waals surface area contributed by atoms with E-state index in [1.807, 2.05) is 37.1 Å². The number of nitrogens with one attached hydrogen (secondary N) is 1. The highest BCUT2D eigenvalue weighted by Gasteiger charge is 2.60. The van der Waals surface area contributed by atoms with Crippen molar-refractivity contribution in [2.75, 3.05) is 7.05 Å². The molecule has 0 spiro atoms. The molecule has 3 fully saturated rings. The van der Waals surface area contributed by atoms with E-state index in [1.54, 1.807) is 6.08 Å². The van der Waals surface area contributed by atoms with Gasteiger partial charge < -0.3 is 10.2 Å². The number of fused-ring (bicyclic) bond motifs is 5. The summed E-state index contributed by atoms with van der Waals surface area (Å²) in [6, 6.07) is 6.17. The highest BCUT2D eigenvalue weighted by Crippen LogP contribution is 2.63. The Balaban J connectivity index is 1.37. The van der Waals surface area contributed by atoms with Crippen LogP contribution in [0.2, 0.25) is 0 Å². The molecule has 1 N–H and O–H groups in total. The van der Waals surface area contributed by atoms with Crippen molar-refractivity contribution < 1.29 is 9.59 Å². The monoisotopic (exact) mass is 421 g/mol. The van der Waals surface area contributed by atoms with Gasteiger partial charge in [0.25, 0.3) is 5.91 Å². The van der Waals surface area contributed by atoms with Crippen LogP contribution >= 0.6 is 0 Å². The van der Waals surface area contributed by atoms with Crippen molar-refractivity contribution >= 4 is 11.8 Å². The first kappa shape index (κ1) is 20.7. The number of pyridine rings is 1. The van der Waals surface area contributed by atoms with E-state index >= 15 is 0 Å². The second kappa shape index (κ2) is 7.18. The quantitative estimate of drug-likeness (QED) is 0.781. The lowest BCUT2D eigenvalue weighted by molar-refractivity contribution is -0.138. The van der Waals surface area contributed by atoms with Crippen molar-refractivity contribution in [2.24, 2.45) is 28.6 Å². The van der Waals surface area contributed by atoms with E-state index in [0.717, 1.165) is 25.0 Å². The molecule has 7 atom stereocenters. The van der Waals surface area contributed by atoms with Gasteiger partial charge in [-0.25, -0.2) is 4.98 Å². The summed E-state index contributed by atoms with van der Waals surface area (Å²) in [6.07, 6.45) is 10.9. The summed E-state index contributed by atoms with van der Waals surface area (Å²) < 4.78 is 0. The Kier molecular flexibility index (Phi) is 4.80. The highest BCUT2D eigenvalue weighted by atomic mass is 16.2. The average Bonchev–Trinajstić information content (AvgIpc) is 3.07. The number of aromatic nitrogens is 1. The number of aryl methyl sites for hydroxylation is 1. The zero-order valence-electron chi connectivity index (χ0n) is 19.2. The Morgan fingerprint density at radius 2 is 1.94 bits per heavy atom. The second-order valence-corrected chi connectivity index (χ2v) is 10.9. The first-order valence-corrected chi connectivity index (χ1v) is 11.9. The standard InChI is InChI=1S/C26H35N3O2/c1-16-6-5-7-20(27-16)24(31)28-21-10-9-18-17-8-11-22-26(3,15-13-23(30)29(22)4)19(17)12-14-25(18,21)2/h5-7,13,15,17-19,21-22H,8-12,14H2,1-4H3,(H,28,31)/t17-,18-,19-,21-,22+,25-,26+/m0/s1. The van der Waals surface area contributed by atoms with E-state index in [2.05, 4.69) is 30.2 Å². The van der Waals surface area contributed by atoms with Crippen LogP contribution in [0.5, 0.6) is 0 Å². The second-order valence-electron chi connectivity index (χ2n) is 10.9. The molecule has 4 aliphatic rings. The van der Waals surface area contributed by atoms with Gasteiger partial charge in [-0.05, 0) is 86.8 Å². The van der Waals surface area contributed by atoms with E-state index in [0.29, 0.717) is 29.5 Å². The maximum absolute atomic E-state index is 12.9. The van der Waals surface area contributed by atoms with Gasteiger partial charge in [0.15, 0.2) is 0 Å². The molecule has 5 rings (SSSR count). The molecule has 5 heteroatoms. The Morgan fingerprint density at radius 3 is 2.71 bits per heavy atom. The molecule has 1 aromatic heterocycles. The Bertz CT molecular complexity index is 942. The molecule has 1 aromatic rings. The Morgan fingerprint density at radius 1 is 1.13 bits per heavy atom. The van der Waals surface area contributed by atoms with Crippen LogP contribution in [0.4, 0.5) is 0 Å². The van der Waals surface area contributed by atoms with E-state index in [9.17, 15) is 9.59 Å². The zero-order valence-corrected chi connectivity index (χ0v) is 19.2. The molecule has 166 valence electrons. The number of likely N-dealkylation sites (N-methyl/N-ethyl adjacent to an activating group) is 1. The molecule has 0 saturated heterocycles. The summed E-state index contributed by atoms with van der Waals surface area (Å²) in [5.41, 5.74) is 1.61. The molecule has 2 amide bonds. The number of nitrogens with zero attached hydrogens (tertiary/aromatic N) is 2. The minimum absolute atomic E-state index is 0.0382. The van der Waals surface area contributed by atoms with Crippen LogP contribution < -0.4 is 5.32 Å². The number of rotatable bonds is 2. The summed E-state index contributed by atoms with van der Waals surface area (Å²) in [4.78, 5) is 31.6. The van der Waals surface area contributed by atoms with Crippen LogP contribution in [0.15, 0.2) is 30.4 Å². The molecule has 3 saturated carbocycles. The van der Waals surface area contributed by atoms with Gasteiger partial charge in [-0.2, -0.15) is 0 Å². The summed E-state index contributed by atoms with van der Waals surface area (Å²) >= 11 is 0. The summed E-state index contributed by atoms with van der Waals surface area (Å²) in [6.45, 7) is 6.72. The van der Waals surface area contributed by atoms with Gasteiger partial charge in [0.2, 0.25) is 5.91 Å². The van der Waals surface area contributed by atoms with Crippen LogP contribution in [0, 0.1) is 35.5 Å². The normalized spacial score (nSPS) is 41.4. The Labute approximate surface area is 185 Å². The largest absolute Gasteiger partial charge is 0.347 e. The van der Waals surface area contributed by atoms with Crippen LogP contribution in [0.1, 0.15) is 68.6 Å². The minimum atomic E-state index is -0.0382. The van der Waals surface area contributed by atoms with Gasteiger partial charge in [0.05, 0.1) is 0 Å². The van der Waals surface area contributed by atoms with E-state index < -0.39 is 0 Å². The van der Waals surface area contributed by atoms with Crippen molar-refractivity contribution in [3.8, 4) is 0 Å². The van der Waals surface area contributed by atoms with Crippen LogP contribution in [0.3, 0.4) is 0 Å². The third-order valence-electron chi connectivity index (χ3n) is 9.55. The number of amides is 2. The predicted molar refractivity (Wildman–Crippen MR) is 120 cm³/mol. The van der Waals surface area contributed by atoms with Gasteiger partial charge in [0, 0.05) is 30.2 Å². The topological polar surface area (TPSA) is 62.3 Å². The number of carbonyl (C=O) groups excluding carboxylic acids is 2. The molecule has 0 unspecified atom stereocenters. The fraction of sp³-hybridized carbons (Fsp3) is 0.654. The van der Waals surface area contributed by atoms with Gasteiger partial charge in [-0.3, -0.25) is 9.59 Å². The molecule has 5 nitrogen and oxygen atoms in total. The van der Waals surface area contributed by atoms with Gasteiger partial charge in [-0.1, -0.05) is 26.0 Å². The maximum atomic E-state index is 12.9. The Hall–Kier alpha value is -2.17. The predicted octanol–water partition coefficient (Wildman–Crippen LogP) is 4.13. The number of carbonyl (C=O) groups is 2. The van der Waals surface area contributed by atoms with Crippen molar-refractivity contribution in [3.63, 3.8) is 0 Å². The molecular formula is C26H35N3O2. The fourth-order valence-corrected chi connectivity index (χ4v) is 7.88. The molecular weight excluding hydrogens is 386 g/mol. The molecule has 0 radical (unpaired) electrons. The lowest BCUT2D eigenvalue weighted by atomic mass is 9.48. The zero-order chi connectivity index (χ0) is 22.0. The lowest BCUT2D eigenvalue weighted by Gasteiger charge is -2.60. The van der Waals surface area contributed by atoms with Crippen molar-refractivity contribution in [3.05, 3.63) is 41.7 Å². The molecule has 0 aromatic carbocycles.